The van der Waals surface area contributed by atoms with Gasteiger partial charge in [0.2, 0.25) is 5.91 Å². The van der Waals surface area contributed by atoms with E-state index >= 15 is 0 Å². The molecular formula is C17H32N2O5. The van der Waals surface area contributed by atoms with Crippen molar-refractivity contribution in [1.29, 1.82) is 0 Å². The van der Waals surface area contributed by atoms with Gasteiger partial charge in [-0.2, -0.15) is 0 Å². The zero-order valence-electron chi connectivity index (χ0n) is 15.4. The van der Waals surface area contributed by atoms with E-state index in [-0.39, 0.29) is 19.1 Å². The zero-order valence-corrected chi connectivity index (χ0v) is 15.4. The summed E-state index contributed by atoms with van der Waals surface area (Å²) in [4.78, 5) is 36.1. The first kappa shape index (κ1) is 22.2. The Hall–Kier alpha value is -1.79. The summed E-state index contributed by atoms with van der Waals surface area (Å²) in [5.41, 5.74) is 0. The quantitative estimate of drug-likeness (QED) is 0.531. The number of unbranched alkanes of at least 4 members (excludes halogenated alkanes) is 2. The molecule has 0 bridgehead atoms. The van der Waals surface area contributed by atoms with Crippen molar-refractivity contribution in [2.75, 3.05) is 13.2 Å². The highest BCUT2D eigenvalue weighted by atomic mass is 16.5. The Morgan fingerprint density at radius 2 is 1.33 bits per heavy atom. The second kappa shape index (κ2) is 13.6. The van der Waals surface area contributed by atoms with Crippen molar-refractivity contribution in [3.63, 3.8) is 0 Å². The number of esters is 1. The Bertz CT molecular complexity index is 387. The lowest BCUT2D eigenvalue weighted by molar-refractivity contribution is -0.147. The van der Waals surface area contributed by atoms with Gasteiger partial charge in [0.15, 0.2) is 0 Å². The molecule has 0 saturated carbocycles. The van der Waals surface area contributed by atoms with Crippen LogP contribution in [0.4, 0.5) is 4.79 Å². The molecule has 7 heteroatoms. The average molecular weight is 344 g/mol. The number of hydrogen-bond donors (Lipinski definition) is 2. The van der Waals surface area contributed by atoms with Gasteiger partial charge < -0.3 is 20.1 Å². The van der Waals surface area contributed by atoms with Gasteiger partial charge in [-0.1, -0.05) is 39.5 Å². The van der Waals surface area contributed by atoms with Crippen LogP contribution < -0.4 is 10.6 Å². The van der Waals surface area contributed by atoms with Crippen molar-refractivity contribution >= 4 is 18.0 Å². The predicted molar refractivity (Wildman–Crippen MR) is 91.6 cm³/mol. The number of alkyl carbamates (subject to hydrolysis) is 1. The molecule has 0 radical (unpaired) electrons. The fourth-order valence-corrected chi connectivity index (χ4v) is 2.16. The smallest absolute Gasteiger partial charge is 0.407 e. The minimum Gasteiger partial charge on any atom is -0.464 e. The molecule has 0 aliphatic rings. The van der Waals surface area contributed by atoms with Crippen molar-refractivity contribution in [2.45, 2.75) is 78.3 Å². The topological polar surface area (TPSA) is 93.7 Å². The van der Waals surface area contributed by atoms with Gasteiger partial charge in [-0.3, -0.25) is 4.79 Å². The lowest BCUT2D eigenvalue weighted by Gasteiger charge is -2.22. The number of rotatable bonds is 12. The molecule has 0 aromatic rings. The first-order valence-electron chi connectivity index (χ1n) is 8.90. The summed E-state index contributed by atoms with van der Waals surface area (Å²) in [6.07, 6.45) is 3.76. The Labute approximate surface area is 144 Å². The Balaban J connectivity index is 4.86. The number of carbonyl (C=O) groups excluding carboxylic acids is 3. The van der Waals surface area contributed by atoms with Crippen LogP contribution in [0.1, 0.15) is 66.2 Å². The third kappa shape index (κ3) is 9.37. The molecule has 0 aliphatic heterocycles. The maximum absolute atomic E-state index is 12.5. The summed E-state index contributed by atoms with van der Waals surface area (Å²) in [5, 5.41) is 5.27. The molecule has 2 atom stereocenters. The van der Waals surface area contributed by atoms with E-state index in [0.717, 1.165) is 25.7 Å². The van der Waals surface area contributed by atoms with E-state index in [1.165, 1.54) is 0 Å². The highest BCUT2D eigenvalue weighted by molar-refractivity contribution is 5.89. The maximum atomic E-state index is 12.5. The van der Waals surface area contributed by atoms with E-state index < -0.39 is 24.1 Å². The van der Waals surface area contributed by atoms with E-state index in [1.54, 1.807) is 13.8 Å². The second-order valence-electron chi connectivity index (χ2n) is 5.52. The van der Waals surface area contributed by atoms with Crippen molar-refractivity contribution in [3.05, 3.63) is 0 Å². The van der Waals surface area contributed by atoms with Gasteiger partial charge in [0.25, 0.3) is 0 Å². The highest BCUT2D eigenvalue weighted by Crippen LogP contribution is 2.06. The fourth-order valence-electron chi connectivity index (χ4n) is 2.16. The van der Waals surface area contributed by atoms with Crippen molar-refractivity contribution in [1.82, 2.24) is 10.6 Å². The minimum absolute atomic E-state index is 0.232. The summed E-state index contributed by atoms with van der Waals surface area (Å²) < 4.78 is 9.85. The zero-order chi connectivity index (χ0) is 18.4. The van der Waals surface area contributed by atoms with Crippen LogP contribution in [0.5, 0.6) is 0 Å². The molecule has 0 spiro atoms. The number of amides is 2. The first-order chi connectivity index (χ1) is 11.5. The molecule has 0 aromatic carbocycles. The standard InChI is InChI=1S/C17H32N2O5/c1-5-9-11-13(19-17(22)24-8-4)15(20)18-14(12-10-6-2)16(21)23-7-3/h13-14H,5-12H2,1-4H3,(H,18,20)(H,19,22). The normalized spacial score (nSPS) is 12.8. The minimum atomic E-state index is -0.720. The molecule has 140 valence electrons. The van der Waals surface area contributed by atoms with Gasteiger partial charge in [0.05, 0.1) is 13.2 Å². The van der Waals surface area contributed by atoms with E-state index in [9.17, 15) is 14.4 Å². The highest BCUT2D eigenvalue weighted by Gasteiger charge is 2.27. The molecular weight excluding hydrogens is 312 g/mol. The number of hydrogen-bond acceptors (Lipinski definition) is 5. The van der Waals surface area contributed by atoms with Gasteiger partial charge in [0, 0.05) is 0 Å². The summed E-state index contributed by atoms with van der Waals surface area (Å²) >= 11 is 0. The second-order valence-corrected chi connectivity index (χ2v) is 5.52. The van der Waals surface area contributed by atoms with Crippen LogP contribution >= 0.6 is 0 Å². The van der Waals surface area contributed by atoms with Crippen molar-refractivity contribution < 1.29 is 23.9 Å². The SMILES string of the molecule is CCCCC(NC(=O)OCC)C(=O)NC(CCCC)C(=O)OCC. The molecule has 7 nitrogen and oxygen atoms in total. The molecule has 2 unspecified atom stereocenters. The average Bonchev–Trinajstić information content (AvgIpc) is 2.55. The molecule has 0 rings (SSSR count). The number of nitrogens with one attached hydrogen (secondary N) is 2. The van der Waals surface area contributed by atoms with Crippen molar-refractivity contribution in [3.8, 4) is 0 Å². The molecule has 0 heterocycles. The van der Waals surface area contributed by atoms with Crippen LogP contribution in [-0.2, 0) is 19.1 Å². The molecule has 24 heavy (non-hydrogen) atoms. The molecule has 0 aliphatic carbocycles. The fraction of sp³-hybridized carbons (Fsp3) is 0.824. The van der Waals surface area contributed by atoms with E-state index in [1.807, 2.05) is 13.8 Å². The lowest BCUT2D eigenvalue weighted by Crippen LogP contribution is -2.52. The van der Waals surface area contributed by atoms with Gasteiger partial charge >= 0.3 is 12.1 Å². The van der Waals surface area contributed by atoms with Crippen LogP contribution in [0.15, 0.2) is 0 Å². The largest absolute Gasteiger partial charge is 0.464 e. The molecule has 0 saturated heterocycles. The van der Waals surface area contributed by atoms with Gasteiger partial charge in [-0.25, -0.2) is 9.59 Å². The third-order valence-electron chi connectivity index (χ3n) is 3.46. The van der Waals surface area contributed by atoms with Crippen LogP contribution in [-0.4, -0.2) is 43.3 Å². The Morgan fingerprint density at radius 1 is 0.792 bits per heavy atom. The summed E-state index contributed by atoms with van der Waals surface area (Å²) in [6, 6.07) is -1.41. The summed E-state index contributed by atoms with van der Waals surface area (Å²) in [5.74, 6) is -0.824. The third-order valence-corrected chi connectivity index (χ3v) is 3.46. The molecule has 0 aromatic heterocycles. The van der Waals surface area contributed by atoms with E-state index in [0.29, 0.717) is 12.8 Å². The Kier molecular flexibility index (Phi) is 12.6. The van der Waals surface area contributed by atoms with Gasteiger partial charge in [-0.15, -0.1) is 0 Å². The van der Waals surface area contributed by atoms with E-state index in [2.05, 4.69) is 10.6 Å². The van der Waals surface area contributed by atoms with Gasteiger partial charge in [0.1, 0.15) is 12.1 Å². The first-order valence-corrected chi connectivity index (χ1v) is 8.90. The monoisotopic (exact) mass is 344 g/mol. The summed E-state index contributed by atoms with van der Waals surface area (Å²) in [6.45, 7) is 7.93. The summed E-state index contributed by atoms with van der Waals surface area (Å²) in [7, 11) is 0. The van der Waals surface area contributed by atoms with Crippen LogP contribution in [0.2, 0.25) is 0 Å². The number of carbonyl (C=O) groups is 3. The predicted octanol–water partition coefficient (Wildman–Crippen LogP) is 2.53. The Morgan fingerprint density at radius 3 is 1.83 bits per heavy atom. The number of ether oxygens (including phenoxy) is 2. The van der Waals surface area contributed by atoms with Crippen LogP contribution in [0, 0.1) is 0 Å². The van der Waals surface area contributed by atoms with Gasteiger partial charge in [-0.05, 0) is 26.7 Å². The van der Waals surface area contributed by atoms with Crippen LogP contribution in [0.25, 0.3) is 0 Å². The molecule has 2 N–H and O–H groups in total. The maximum Gasteiger partial charge on any atom is 0.407 e. The molecule has 2 amide bonds. The van der Waals surface area contributed by atoms with Crippen molar-refractivity contribution in [2.24, 2.45) is 0 Å². The molecule has 0 fully saturated rings. The van der Waals surface area contributed by atoms with E-state index in [4.69, 9.17) is 9.47 Å². The van der Waals surface area contributed by atoms with Crippen LogP contribution in [0.3, 0.4) is 0 Å². The lowest BCUT2D eigenvalue weighted by atomic mass is 10.1.